The van der Waals surface area contributed by atoms with Crippen molar-refractivity contribution in [3.8, 4) is 0 Å². The molecule has 0 atom stereocenters. The van der Waals surface area contributed by atoms with E-state index in [0.29, 0.717) is 18.7 Å². The fourth-order valence-corrected chi connectivity index (χ4v) is 4.04. The molecular formula is C26H34N4O2S. The summed E-state index contributed by atoms with van der Waals surface area (Å²) in [6.45, 7) is 13.2. The van der Waals surface area contributed by atoms with E-state index < -0.39 is 0 Å². The van der Waals surface area contributed by atoms with Crippen molar-refractivity contribution < 1.29 is 9.59 Å². The number of benzene rings is 2. The highest BCUT2D eigenvalue weighted by Gasteiger charge is 2.24. The van der Waals surface area contributed by atoms with Crippen LogP contribution in [0.25, 0.3) is 0 Å². The van der Waals surface area contributed by atoms with Crippen LogP contribution in [0.4, 0.5) is 11.4 Å². The highest BCUT2D eigenvalue weighted by Crippen LogP contribution is 2.27. The summed E-state index contributed by atoms with van der Waals surface area (Å²) in [6.07, 6.45) is 0. The Bertz CT molecular complexity index is 1000. The van der Waals surface area contributed by atoms with Crippen LogP contribution in [0.5, 0.6) is 0 Å². The number of carbonyl (C=O) groups is 2. The Morgan fingerprint density at radius 2 is 1.55 bits per heavy atom. The monoisotopic (exact) mass is 466 g/mol. The second-order valence-electron chi connectivity index (χ2n) is 9.72. The maximum Gasteiger partial charge on any atom is 0.257 e. The molecule has 1 aliphatic rings. The van der Waals surface area contributed by atoms with Crippen LogP contribution in [0, 0.1) is 5.92 Å². The molecule has 0 unspecified atom stereocenters. The van der Waals surface area contributed by atoms with Gasteiger partial charge in [0.15, 0.2) is 5.11 Å². The van der Waals surface area contributed by atoms with Crippen LogP contribution in [-0.4, -0.2) is 48.0 Å². The lowest BCUT2D eigenvalue weighted by atomic mass is 9.87. The quantitative estimate of drug-likeness (QED) is 0.654. The second-order valence-corrected chi connectivity index (χ2v) is 10.1. The molecule has 0 aliphatic carbocycles. The van der Waals surface area contributed by atoms with Gasteiger partial charge >= 0.3 is 0 Å². The van der Waals surface area contributed by atoms with Gasteiger partial charge in [-0.1, -0.05) is 58.9 Å². The number of anilines is 2. The van der Waals surface area contributed by atoms with Crippen LogP contribution in [0.15, 0.2) is 48.5 Å². The number of nitrogens with one attached hydrogen (secondary N) is 2. The smallest absolute Gasteiger partial charge is 0.257 e. The lowest BCUT2D eigenvalue weighted by Gasteiger charge is -2.37. The number of para-hydroxylation sites is 2. The zero-order chi connectivity index (χ0) is 24.2. The molecule has 0 bridgehead atoms. The van der Waals surface area contributed by atoms with E-state index in [1.165, 1.54) is 5.56 Å². The van der Waals surface area contributed by atoms with Crippen molar-refractivity contribution in [1.82, 2.24) is 10.2 Å². The molecule has 1 saturated heterocycles. The molecule has 0 radical (unpaired) electrons. The largest absolute Gasteiger partial charge is 0.366 e. The first-order chi connectivity index (χ1) is 15.6. The Labute approximate surface area is 202 Å². The van der Waals surface area contributed by atoms with Gasteiger partial charge in [-0.05, 0) is 47.5 Å². The fourth-order valence-electron chi connectivity index (χ4n) is 3.84. The maximum atomic E-state index is 12.7. The van der Waals surface area contributed by atoms with Gasteiger partial charge < -0.3 is 15.1 Å². The van der Waals surface area contributed by atoms with Crippen LogP contribution in [0.3, 0.4) is 0 Å². The van der Waals surface area contributed by atoms with Crippen molar-refractivity contribution in [1.29, 1.82) is 0 Å². The molecule has 176 valence electrons. The molecule has 2 aromatic carbocycles. The minimum absolute atomic E-state index is 0.0103. The molecule has 3 rings (SSSR count). The molecular weight excluding hydrogens is 432 g/mol. The van der Waals surface area contributed by atoms with Crippen LogP contribution >= 0.6 is 12.2 Å². The SMILES string of the molecule is CC(C)C(=O)N1CCN(c2ccccc2NC(=S)NC(=O)c2ccc(C(C)(C)C)cc2)CC1. The number of rotatable bonds is 4. The minimum atomic E-state index is -0.244. The van der Waals surface area contributed by atoms with Crippen LogP contribution in [0.2, 0.25) is 0 Å². The van der Waals surface area contributed by atoms with Crippen LogP contribution < -0.4 is 15.5 Å². The lowest BCUT2D eigenvalue weighted by Crippen LogP contribution is -2.50. The topological polar surface area (TPSA) is 64.7 Å². The summed E-state index contributed by atoms with van der Waals surface area (Å²) in [4.78, 5) is 29.1. The molecule has 33 heavy (non-hydrogen) atoms. The first-order valence-corrected chi connectivity index (χ1v) is 11.8. The number of nitrogens with zero attached hydrogens (tertiary/aromatic N) is 2. The van der Waals surface area contributed by atoms with E-state index in [4.69, 9.17) is 12.2 Å². The summed E-state index contributed by atoms with van der Waals surface area (Å²) in [5.41, 5.74) is 3.59. The van der Waals surface area contributed by atoms with Gasteiger partial charge in [0.05, 0.1) is 11.4 Å². The number of hydrogen-bond acceptors (Lipinski definition) is 4. The summed E-state index contributed by atoms with van der Waals surface area (Å²) in [6, 6.07) is 15.5. The summed E-state index contributed by atoms with van der Waals surface area (Å²) in [7, 11) is 0. The number of hydrogen-bond donors (Lipinski definition) is 2. The summed E-state index contributed by atoms with van der Waals surface area (Å²) in [5, 5.41) is 6.20. The highest BCUT2D eigenvalue weighted by atomic mass is 32.1. The van der Waals surface area contributed by atoms with Crippen molar-refractivity contribution >= 4 is 40.5 Å². The van der Waals surface area contributed by atoms with E-state index in [-0.39, 0.29) is 28.3 Å². The predicted octanol–water partition coefficient (Wildman–Crippen LogP) is 4.42. The van der Waals surface area contributed by atoms with Crippen molar-refractivity contribution in [3.63, 3.8) is 0 Å². The third-order valence-electron chi connectivity index (χ3n) is 5.82. The van der Waals surface area contributed by atoms with E-state index in [0.717, 1.165) is 24.5 Å². The predicted molar refractivity (Wildman–Crippen MR) is 139 cm³/mol. The lowest BCUT2D eigenvalue weighted by molar-refractivity contribution is -0.134. The summed E-state index contributed by atoms with van der Waals surface area (Å²) >= 11 is 5.43. The number of carbonyl (C=O) groups excluding carboxylic acids is 2. The van der Waals surface area contributed by atoms with Gasteiger partial charge in [-0.3, -0.25) is 14.9 Å². The van der Waals surface area contributed by atoms with Gasteiger partial charge in [-0.15, -0.1) is 0 Å². The fraction of sp³-hybridized carbons (Fsp3) is 0.423. The Morgan fingerprint density at radius 3 is 2.12 bits per heavy atom. The normalized spacial score (nSPS) is 14.2. The molecule has 0 spiro atoms. The van der Waals surface area contributed by atoms with Crippen molar-refractivity contribution in [2.75, 3.05) is 36.4 Å². The zero-order valence-electron chi connectivity index (χ0n) is 20.1. The van der Waals surface area contributed by atoms with Crippen molar-refractivity contribution in [2.45, 2.75) is 40.0 Å². The van der Waals surface area contributed by atoms with Gasteiger partial charge in [-0.25, -0.2) is 0 Å². The third kappa shape index (κ3) is 6.32. The third-order valence-corrected chi connectivity index (χ3v) is 6.02. The highest BCUT2D eigenvalue weighted by molar-refractivity contribution is 7.80. The van der Waals surface area contributed by atoms with E-state index in [1.807, 2.05) is 67.3 Å². The Morgan fingerprint density at radius 1 is 0.939 bits per heavy atom. The second kappa shape index (κ2) is 10.3. The first-order valence-electron chi connectivity index (χ1n) is 11.4. The van der Waals surface area contributed by atoms with E-state index in [9.17, 15) is 9.59 Å². The first kappa shape index (κ1) is 24.7. The van der Waals surface area contributed by atoms with Gasteiger partial charge in [0.25, 0.3) is 5.91 Å². The molecule has 1 fully saturated rings. The summed E-state index contributed by atoms with van der Waals surface area (Å²) < 4.78 is 0. The van der Waals surface area contributed by atoms with E-state index >= 15 is 0 Å². The maximum absolute atomic E-state index is 12.7. The minimum Gasteiger partial charge on any atom is -0.366 e. The number of piperazine rings is 1. The molecule has 1 aliphatic heterocycles. The average molecular weight is 467 g/mol. The molecule has 1 heterocycles. The number of thiocarbonyl (C=S) groups is 1. The molecule has 7 heteroatoms. The zero-order valence-corrected chi connectivity index (χ0v) is 21.0. The van der Waals surface area contributed by atoms with Gasteiger partial charge in [0, 0.05) is 37.7 Å². The molecule has 2 N–H and O–H groups in total. The Hall–Kier alpha value is -2.93. The van der Waals surface area contributed by atoms with Gasteiger partial charge in [0.2, 0.25) is 5.91 Å². The molecule has 2 amide bonds. The number of amides is 2. The molecule has 2 aromatic rings. The van der Waals surface area contributed by atoms with Gasteiger partial charge in [-0.2, -0.15) is 0 Å². The Balaban J connectivity index is 1.62. The van der Waals surface area contributed by atoms with E-state index in [2.05, 4.69) is 36.3 Å². The average Bonchev–Trinajstić information content (AvgIpc) is 2.78. The standard InChI is InChI=1S/C26H34N4O2S/c1-18(2)24(32)30-16-14-29(15-17-30)22-9-7-6-8-21(22)27-25(33)28-23(31)19-10-12-20(13-11-19)26(3,4)5/h6-13,18H,14-17H2,1-5H3,(H2,27,28,31,33). The molecule has 0 saturated carbocycles. The molecule has 0 aromatic heterocycles. The van der Waals surface area contributed by atoms with E-state index in [1.54, 1.807) is 0 Å². The van der Waals surface area contributed by atoms with Crippen molar-refractivity contribution in [2.24, 2.45) is 5.92 Å². The van der Waals surface area contributed by atoms with Crippen LogP contribution in [0.1, 0.15) is 50.5 Å². The van der Waals surface area contributed by atoms with Crippen molar-refractivity contribution in [3.05, 3.63) is 59.7 Å². The van der Waals surface area contributed by atoms with Gasteiger partial charge in [0.1, 0.15) is 0 Å². The van der Waals surface area contributed by atoms with Crippen LogP contribution in [-0.2, 0) is 10.2 Å². The Kier molecular flexibility index (Phi) is 7.74. The molecule has 6 nitrogen and oxygen atoms in total. The summed E-state index contributed by atoms with van der Waals surface area (Å²) in [5.74, 6) is -0.0390.